The Labute approximate surface area is 148 Å². The summed E-state index contributed by atoms with van der Waals surface area (Å²) in [6.07, 6.45) is 0.0894. The zero-order valence-corrected chi connectivity index (χ0v) is 15.0. The van der Waals surface area contributed by atoms with Gasteiger partial charge in [0.2, 0.25) is 0 Å². The Bertz CT molecular complexity index is 644. The van der Waals surface area contributed by atoms with Crippen LogP contribution in [0.25, 0.3) is 0 Å². The highest BCUT2D eigenvalue weighted by atomic mass is 35.5. The maximum absolute atomic E-state index is 9.63. The Morgan fingerprint density at radius 3 is 2.38 bits per heavy atom. The van der Waals surface area contributed by atoms with Crippen molar-refractivity contribution in [3.8, 4) is 11.5 Å². The van der Waals surface area contributed by atoms with Crippen molar-refractivity contribution in [2.45, 2.75) is 32.5 Å². The number of ether oxygens (including phenoxy) is 2. The van der Waals surface area contributed by atoms with E-state index in [1.165, 1.54) is 0 Å². The topological polar surface area (TPSA) is 50.7 Å². The summed E-state index contributed by atoms with van der Waals surface area (Å²) in [7, 11) is 1.63. The van der Waals surface area contributed by atoms with Gasteiger partial charge < -0.3 is 19.9 Å². The Balaban J connectivity index is 2.05. The van der Waals surface area contributed by atoms with Crippen LogP contribution in [-0.4, -0.2) is 24.9 Å². The van der Waals surface area contributed by atoms with E-state index >= 15 is 0 Å². The number of benzene rings is 2. The molecule has 0 aromatic heterocycles. The minimum Gasteiger partial charge on any atom is -0.493 e. The van der Waals surface area contributed by atoms with Crippen molar-refractivity contribution < 1.29 is 14.6 Å². The third-order valence-electron chi connectivity index (χ3n) is 3.60. The molecule has 2 rings (SSSR count). The second kappa shape index (κ2) is 8.92. The Morgan fingerprint density at radius 2 is 1.79 bits per heavy atom. The van der Waals surface area contributed by atoms with Crippen LogP contribution in [0.5, 0.6) is 11.5 Å². The first-order valence-corrected chi connectivity index (χ1v) is 8.34. The lowest BCUT2D eigenvalue weighted by Gasteiger charge is -2.18. The van der Waals surface area contributed by atoms with E-state index in [2.05, 4.69) is 5.32 Å². The molecule has 1 unspecified atom stereocenters. The molecule has 1 atom stereocenters. The average molecular weight is 350 g/mol. The zero-order valence-electron chi connectivity index (χ0n) is 14.3. The molecule has 0 heterocycles. The van der Waals surface area contributed by atoms with Crippen LogP contribution in [0.1, 0.15) is 31.0 Å². The number of halogens is 1. The molecule has 2 N–H and O–H groups in total. The Kier molecular flexibility index (Phi) is 6.91. The molecule has 4 nitrogen and oxygen atoms in total. The second-order valence-electron chi connectivity index (χ2n) is 5.82. The van der Waals surface area contributed by atoms with Crippen LogP contribution in [0, 0.1) is 0 Å². The molecule has 2 aromatic carbocycles. The van der Waals surface area contributed by atoms with Gasteiger partial charge in [0, 0.05) is 11.6 Å². The van der Waals surface area contributed by atoms with Crippen LogP contribution in [0.15, 0.2) is 42.5 Å². The first kappa shape index (κ1) is 18.6. The molecule has 0 bridgehead atoms. The van der Waals surface area contributed by atoms with Crippen molar-refractivity contribution in [1.29, 1.82) is 0 Å². The van der Waals surface area contributed by atoms with Crippen LogP contribution in [0.4, 0.5) is 0 Å². The van der Waals surface area contributed by atoms with Crippen molar-refractivity contribution in [2.24, 2.45) is 0 Å². The van der Waals surface area contributed by atoms with Gasteiger partial charge in [0.05, 0.1) is 25.9 Å². The minimum absolute atomic E-state index is 0.00725. The zero-order chi connectivity index (χ0) is 17.5. The van der Waals surface area contributed by atoms with Crippen LogP contribution < -0.4 is 14.8 Å². The van der Waals surface area contributed by atoms with Crippen LogP contribution in [-0.2, 0) is 6.54 Å². The lowest BCUT2D eigenvalue weighted by Crippen LogP contribution is -2.24. The number of aliphatic hydroxyl groups excluding tert-OH is 1. The molecule has 0 aliphatic carbocycles. The first-order valence-electron chi connectivity index (χ1n) is 7.96. The monoisotopic (exact) mass is 349 g/mol. The Hall–Kier alpha value is -1.75. The SMILES string of the molecule is COc1cc(CNC(CO)c2ccc(Cl)cc2)ccc1OC(C)C. The smallest absolute Gasteiger partial charge is 0.161 e. The van der Waals surface area contributed by atoms with E-state index < -0.39 is 0 Å². The van der Waals surface area contributed by atoms with E-state index in [4.69, 9.17) is 21.1 Å². The number of rotatable bonds is 8. The van der Waals surface area contributed by atoms with Gasteiger partial charge >= 0.3 is 0 Å². The molecule has 0 fully saturated rings. The van der Waals surface area contributed by atoms with E-state index in [1.54, 1.807) is 7.11 Å². The molecule has 5 heteroatoms. The second-order valence-corrected chi connectivity index (χ2v) is 6.26. The van der Waals surface area contributed by atoms with Crippen LogP contribution in [0.2, 0.25) is 5.02 Å². The molecule has 24 heavy (non-hydrogen) atoms. The third-order valence-corrected chi connectivity index (χ3v) is 3.85. The molecule has 130 valence electrons. The van der Waals surface area contributed by atoms with Gasteiger partial charge in [0.1, 0.15) is 0 Å². The molecular weight excluding hydrogens is 326 g/mol. The van der Waals surface area contributed by atoms with Crippen molar-refractivity contribution >= 4 is 11.6 Å². The number of hydrogen-bond acceptors (Lipinski definition) is 4. The van der Waals surface area contributed by atoms with Crippen molar-refractivity contribution in [1.82, 2.24) is 5.32 Å². The lowest BCUT2D eigenvalue weighted by molar-refractivity contribution is 0.229. The standard InChI is InChI=1S/C19H24ClNO3/c1-13(2)24-18-9-4-14(10-19(18)23-3)11-21-17(12-22)15-5-7-16(20)8-6-15/h4-10,13,17,21-22H,11-12H2,1-3H3. The number of aliphatic hydroxyl groups is 1. The Morgan fingerprint density at radius 1 is 1.08 bits per heavy atom. The molecule has 0 amide bonds. The van der Waals surface area contributed by atoms with Gasteiger partial charge in [-0.15, -0.1) is 0 Å². The molecule has 0 saturated carbocycles. The van der Waals surface area contributed by atoms with Gasteiger partial charge in [-0.3, -0.25) is 0 Å². The van der Waals surface area contributed by atoms with Gasteiger partial charge in [-0.25, -0.2) is 0 Å². The molecule has 0 aliphatic rings. The summed E-state index contributed by atoms with van der Waals surface area (Å²) in [5, 5.41) is 13.7. The van der Waals surface area contributed by atoms with E-state index in [9.17, 15) is 5.11 Å². The number of hydrogen-bond donors (Lipinski definition) is 2. The number of methoxy groups -OCH3 is 1. The summed E-state index contributed by atoms with van der Waals surface area (Å²) in [6.45, 7) is 4.57. The van der Waals surface area contributed by atoms with Gasteiger partial charge in [0.15, 0.2) is 11.5 Å². The van der Waals surface area contributed by atoms with Gasteiger partial charge in [-0.2, -0.15) is 0 Å². The predicted molar refractivity (Wildman–Crippen MR) is 96.9 cm³/mol. The van der Waals surface area contributed by atoms with Crippen molar-refractivity contribution in [2.75, 3.05) is 13.7 Å². The summed E-state index contributed by atoms with van der Waals surface area (Å²) in [5.74, 6) is 1.43. The van der Waals surface area contributed by atoms with Gasteiger partial charge in [0.25, 0.3) is 0 Å². The lowest BCUT2D eigenvalue weighted by atomic mass is 10.1. The highest BCUT2D eigenvalue weighted by molar-refractivity contribution is 6.30. The molecule has 0 saturated heterocycles. The van der Waals surface area contributed by atoms with Crippen LogP contribution >= 0.6 is 11.6 Å². The van der Waals surface area contributed by atoms with Crippen molar-refractivity contribution in [3.63, 3.8) is 0 Å². The molecule has 2 aromatic rings. The first-order chi connectivity index (χ1) is 11.5. The molecule has 0 spiro atoms. The predicted octanol–water partition coefficient (Wildman–Crippen LogP) is 3.96. The van der Waals surface area contributed by atoms with E-state index in [-0.39, 0.29) is 18.8 Å². The molecule has 0 radical (unpaired) electrons. The average Bonchev–Trinajstić information content (AvgIpc) is 2.57. The highest BCUT2D eigenvalue weighted by Gasteiger charge is 2.11. The highest BCUT2D eigenvalue weighted by Crippen LogP contribution is 2.29. The summed E-state index contributed by atoms with van der Waals surface area (Å²) < 4.78 is 11.1. The largest absolute Gasteiger partial charge is 0.493 e. The van der Waals surface area contributed by atoms with E-state index in [1.807, 2.05) is 56.3 Å². The maximum Gasteiger partial charge on any atom is 0.161 e. The summed E-state index contributed by atoms with van der Waals surface area (Å²) in [4.78, 5) is 0. The maximum atomic E-state index is 9.63. The van der Waals surface area contributed by atoms with E-state index in [0.29, 0.717) is 17.3 Å². The fourth-order valence-electron chi connectivity index (χ4n) is 2.40. The number of nitrogens with one attached hydrogen (secondary N) is 1. The quantitative estimate of drug-likeness (QED) is 0.757. The summed E-state index contributed by atoms with van der Waals surface area (Å²) >= 11 is 5.91. The van der Waals surface area contributed by atoms with Gasteiger partial charge in [-0.1, -0.05) is 29.8 Å². The summed E-state index contributed by atoms with van der Waals surface area (Å²) in [5.41, 5.74) is 2.05. The van der Waals surface area contributed by atoms with E-state index in [0.717, 1.165) is 16.9 Å². The van der Waals surface area contributed by atoms with Crippen LogP contribution in [0.3, 0.4) is 0 Å². The molecular formula is C19H24ClNO3. The third kappa shape index (κ3) is 5.13. The molecule has 0 aliphatic heterocycles. The fourth-order valence-corrected chi connectivity index (χ4v) is 2.52. The van der Waals surface area contributed by atoms with Crippen molar-refractivity contribution in [3.05, 3.63) is 58.6 Å². The normalized spacial score (nSPS) is 12.2. The van der Waals surface area contributed by atoms with Gasteiger partial charge in [-0.05, 0) is 49.2 Å². The minimum atomic E-state index is -0.153. The summed E-state index contributed by atoms with van der Waals surface area (Å²) in [6, 6.07) is 13.2. The fraction of sp³-hybridized carbons (Fsp3) is 0.368.